The lowest BCUT2D eigenvalue weighted by atomic mass is 9.89. The van der Waals surface area contributed by atoms with Crippen molar-refractivity contribution in [1.82, 2.24) is 0 Å². The van der Waals surface area contributed by atoms with E-state index < -0.39 is 14.9 Å². The minimum absolute atomic E-state index is 0.243. The largest absolute Gasteiger partial charge is 0.380 e. The number of benzene rings is 2. The number of anilines is 1. The predicted molar refractivity (Wildman–Crippen MR) is 102 cm³/mol. The van der Waals surface area contributed by atoms with Crippen molar-refractivity contribution in [3.8, 4) is 0 Å². The van der Waals surface area contributed by atoms with Crippen LogP contribution in [-0.4, -0.2) is 13.3 Å². The van der Waals surface area contributed by atoms with Crippen molar-refractivity contribution in [3.05, 3.63) is 61.7 Å². The van der Waals surface area contributed by atoms with Crippen LogP contribution in [0.1, 0.15) is 33.4 Å². The third-order valence-electron chi connectivity index (χ3n) is 5.09. The molecule has 0 aliphatic heterocycles. The summed E-state index contributed by atoms with van der Waals surface area (Å²) in [6, 6.07) is 3.60. The molecule has 0 aliphatic rings. The molecule has 3 N–H and O–H groups in total. The summed E-state index contributed by atoms with van der Waals surface area (Å²) in [5.74, 6) is 0. The van der Waals surface area contributed by atoms with Crippen molar-refractivity contribution in [2.45, 2.75) is 46.1 Å². The Labute approximate surface area is 153 Å². The highest BCUT2D eigenvalue weighted by Crippen LogP contribution is 2.29. The van der Waals surface area contributed by atoms with Gasteiger partial charge in [-0.05, 0) is 74.1 Å². The lowest BCUT2D eigenvalue weighted by Crippen LogP contribution is -2.16. The Bertz CT molecular complexity index is 969. The van der Waals surface area contributed by atoms with Crippen molar-refractivity contribution in [2.75, 3.05) is 5.32 Å². The van der Waals surface area contributed by atoms with Crippen LogP contribution in [0.4, 0.5) is 11.4 Å². The van der Waals surface area contributed by atoms with Crippen LogP contribution >= 0.6 is 0 Å². The summed E-state index contributed by atoms with van der Waals surface area (Å²) in [5.41, 5.74) is 6.89. The number of hydrogen-bond donors (Lipinski definition) is 2. The van der Waals surface area contributed by atoms with Crippen LogP contribution in [0.5, 0.6) is 0 Å². The number of sulfonamides is 1. The minimum Gasteiger partial charge on any atom is -0.380 e. The first-order valence-corrected chi connectivity index (χ1v) is 9.60. The highest BCUT2D eigenvalue weighted by molar-refractivity contribution is 7.89. The summed E-state index contributed by atoms with van der Waals surface area (Å²) in [6.07, 6.45) is 0. The third kappa shape index (κ3) is 3.71. The summed E-state index contributed by atoms with van der Waals surface area (Å²) in [7, 11) is -4.10. The van der Waals surface area contributed by atoms with Crippen LogP contribution in [-0.2, 0) is 16.6 Å². The zero-order valence-corrected chi connectivity index (χ0v) is 16.3. The van der Waals surface area contributed by atoms with Crippen LogP contribution in [0.2, 0.25) is 0 Å². The number of nitrogens with zero attached hydrogens (tertiary/aromatic N) is 1. The fourth-order valence-corrected chi connectivity index (χ4v) is 3.76. The van der Waals surface area contributed by atoms with Gasteiger partial charge in [-0.1, -0.05) is 0 Å². The van der Waals surface area contributed by atoms with Gasteiger partial charge >= 0.3 is 0 Å². The molecule has 0 aromatic heterocycles. The van der Waals surface area contributed by atoms with Gasteiger partial charge in [0.25, 0.3) is 5.69 Å². The molecule has 2 aromatic rings. The molecule has 140 valence electrons. The van der Waals surface area contributed by atoms with Crippen molar-refractivity contribution >= 4 is 21.4 Å². The van der Waals surface area contributed by atoms with Gasteiger partial charge in [-0.15, -0.1) is 0 Å². The second-order valence-corrected chi connectivity index (χ2v) is 7.97. The predicted octanol–water partition coefficient (Wildman–Crippen LogP) is 3.40. The monoisotopic (exact) mass is 377 g/mol. The topological polar surface area (TPSA) is 115 Å². The lowest BCUT2D eigenvalue weighted by Gasteiger charge is -2.20. The molecule has 0 bridgehead atoms. The van der Waals surface area contributed by atoms with E-state index in [2.05, 4.69) is 26.1 Å². The Hall–Kier alpha value is -2.45. The second-order valence-electron chi connectivity index (χ2n) is 6.44. The maximum absolute atomic E-state index is 11.8. The van der Waals surface area contributed by atoms with Crippen LogP contribution in [0.3, 0.4) is 0 Å². The van der Waals surface area contributed by atoms with Gasteiger partial charge in [-0.2, -0.15) is 0 Å². The first-order chi connectivity index (χ1) is 11.9. The summed E-state index contributed by atoms with van der Waals surface area (Å²) in [4.78, 5) is 9.97. The van der Waals surface area contributed by atoms with E-state index in [1.54, 1.807) is 0 Å². The molecular formula is C18H23N3O4S. The summed E-state index contributed by atoms with van der Waals surface area (Å²) in [5, 5.41) is 19.2. The number of hydrogen-bond acceptors (Lipinski definition) is 5. The fraction of sp³-hybridized carbons (Fsp3) is 0.333. The first kappa shape index (κ1) is 19.9. The van der Waals surface area contributed by atoms with Gasteiger partial charge in [-0.25, -0.2) is 13.6 Å². The van der Waals surface area contributed by atoms with Crippen molar-refractivity contribution in [3.63, 3.8) is 0 Å². The number of non-ortho nitro benzene ring substituents is 1. The van der Waals surface area contributed by atoms with Gasteiger partial charge < -0.3 is 5.32 Å². The number of nitrogens with two attached hydrogens (primary N) is 1. The van der Waals surface area contributed by atoms with Crippen molar-refractivity contribution in [2.24, 2.45) is 5.14 Å². The average molecular weight is 377 g/mol. The number of rotatable bonds is 5. The maximum atomic E-state index is 11.8. The third-order valence-corrected chi connectivity index (χ3v) is 6.04. The van der Waals surface area contributed by atoms with Crippen molar-refractivity contribution in [1.29, 1.82) is 0 Å². The molecule has 2 rings (SSSR count). The highest BCUT2D eigenvalue weighted by atomic mass is 32.2. The van der Waals surface area contributed by atoms with E-state index in [4.69, 9.17) is 5.14 Å². The number of nitro benzene ring substituents is 1. The van der Waals surface area contributed by atoms with E-state index in [1.165, 1.54) is 28.8 Å². The molecule has 0 spiro atoms. The molecule has 0 saturated carbocycles. The van der Waals surface area contributed by atoms with Gasteiger partial charge in [0.1, 0.15) is 4.90 Å². The Balaban J connectivity index is 2.47. The molecule has 0 heterocycles. The van der Waals surface area contributed by atoms with Crippen molar-refractivity contribution < 1.29 is 13.3 Å². The quantitative estimate of drug-likeness (QED) is 0.612. The van der Waals surface area contributed by atoms with Crippen LogP contribution in [0.15, 0.2) is 23.1 Å². The van der Waals surface area contributed by atoms with E-state index in [0.717, 1.165) is 22.8 Å². The average Bonchev–Trinajstić information content (AvgIpc) is 2.57. The van der Waals surface area contributed by atoms with E-state index in [0.29, 0.717) is 6.54 Å². The molecule has 0 aliphatic carbocycles. The van der Waals surface area contributed by atoms with Gasteiger partial charge in [0.2, 0.25) is 10.0 Å². The molecule has 0 amide bonds. The Morgan fingerprint density at radius 3 is 1.96 bits per heavy atom. The molecule has 0 unspecified atom stereocenters. The van der Waals surface area contributed by atoms with Gasteiger partial charge in [0, 0.05) is 18.7 Å². The summed E-state index contributed by atoms with van der Waals surface area (Å²) in [6.45, 7) is 10.6. The maximum Gasteiger partial charge on any atom is 0.270 e. The molecular weight excluding hydrogens is 354 g/mol. The molecule has 0 radical (unpaired) electrons. The normalized spacial score (nSPS) is 11.5. The number of nitro groups is 1. The van der Waals surface area contributed by atoms with E-state index in [-0.39, 0.29) is 16.3 Å². The van der Waals surface area contributed by atoms with Gasteiger partial charge in [-0.3, -0.25) is 10.1 Å². The standard InChI is InChI=1S/C18H23N3O4S/c1-10-11(2)13(4)16(14(5)12(10)3)9-20-17-7-6-15(21(22)23)8-18(17)26(19,24)25/h6-8,20H,9H2,1-5H3,(H2,19,24,25). The molecule has 0 atom stereocenters. The molecule has 2 aromatic carbocycles. The fourth-order valence-electron chi connectivity index (χ4n) is 3.03. The smallest absolute Gasteiger partial charge is 0.270 e. The van der Waals surface area contributed by atoms with Crippen LogP contribution in [0.25, 0.3) is 0 Å². The lowest BCUT2D eigenvalue weighted by molar-refractivity contribution is -0.385. The zero-order chi connectivity index (χ0) is 19.8. The van der Waals surface area contributed by atoms with Gasteiger partial charge in [0.15, 0.2) is 0 Å². The molecule has 26 heavy (non-hydrogen) atoms. The Kier molecular flexibility index (Phi) is 5.39. The number of primary sulfonamides is 1. The van der Waals surface area contributed by atoms with E-state index in [1.807, 2.05) is 13.8 Å². The van der Waals surface area contributed by atoms with Crippen LogP contribution in [0, 0.1) is 44.7 Å². The van der Waals surface area contributed by atoms with Gasteiger partial charge in [0.05, 0.1) is 10.6 Å². The number of nitrogens with one attached hydrogen (secondary N) is 1. The summed E-state index contributed by atoms with van der Waals surface area (Å²) >= 11 is 0. The SMILES string of the molecule is Cc1c(C)c(C)c(CNc2ccc([N+](=O)[O-])cc2S(N)(=O)=O)c(C)c1C. The van der Waals surface area contributed by atoms with E-state index >= 15 is 0 Å². The molecule has 8 heteroatoms. The molecule has 0 saturated heterocycles. The van der Waals surface area contributed by atoms with E-state index in [9.17, 15) is 18.5 Å². The minimum atomic E-state index is -4.10. The first-order valence-electron chi connectivity index (χ1n) is 8.06. The molecule has 0 fully saturated rings. The Morgan fingerprint density at radius 2 is 1.50 bits per heavy atom. The zero-order valence-electron chi connectivity index (χ0n) is 15.5. The highest BCUT2D eigenvalue weighted by Gasteiger charge is 2.20. The van der Waals surface area contributed by atoms with Crippen LogP contribution < -0.4 is 10.5 Å². The summed E-state index contributed by atoms with van der Waals surface area (Å²) < 4.78 is 23.7. The molecule has 7 nitrogen and oxygen atoms in total. The Morgan fingerprint density at radius 1 is 1.00 bits per heavy atom. The second kappa shape index (κ2) is 7.05.